The summed E-state index contributed by atoms with van der Waals surface area (Å²) in [5.41, 5.74) is 0. The minimum atomic E-state index is 0. The quantitative estimate of drug-likeness (QED) is 0.624. The van der Waals surface area contributed by atoms with Crippen LogP contribution in [0.25, 0.3) is 0 Å². The molecule has 1 unspecified atom stereocenters. The number of hydrogen-bond acceptors (Lipinski definition) is 1. The van der Waals surface area contributed by atoms with Crippen LogP contribution in [0.3, 0.4) is 0 Å². The Labute approximate surface area is 99.2 Å². The molecular weight excluding hydrogens is 159 g/mol. The van der Waals surface area contributed by atoms with Gasteiger partial charge in [0.25, 0.3) is 0 Å². The molecule has 0 radical (unpaired) electrons. The van der Waals surface area contributed by atoms with Crippen molar-refractivity contribution in [1.82, 2.24) is 0 Å². The van der Waals surface area contributed by atoms with Gasteiger partial charge < -0.3 is 5.11 Å². The van der Waals surface area contributed by atoms with Crippen LogP contribution in [0.5, 0.6) is 0 Å². The van der Waals surface area contributed by atoms with Gasteiger partial charge in [0.05, 0.1) is 0 Å². The Morgan fingerprint density at radius 3 is 2.00 bits per heavy atom. The van der Waals surface area contributed by atoms with Gasteiger partial charge in [0, 0.05) is 6.61 Å². The van der Waals surface area contributed by atoms with Gasteiger partial charge in [-0.2, -0.15) is 0 Å². The molecule has 0 bridgehead atoms. The first-order valence-electron chi connectivity index (χ1n) is 4.77. The van der Waals surface area contributed by atoms with Gasteiger partial charge in [-0.3, -0.25) is 0 Å². The summed E-state index contributed by atoms with van der Waals surface area (Å²) in [5.74, 6) is 1.54. The van der Waals surface area contributed by atoms with Crippen molar-refractivity contribution >= 4 is 29.6 Å². The van der Waals surface area contributed by atoms with E-state index in [2.05, 4.69) is 20.8 Å². The molecule has 12 heavy (non-hydrogen) atoms. The molecule has 1 atom stereocenters. The molecule has 1 nitrogen and oxygen atoms in total. The molecule has 0 aromatic heterocycles. The summed E-state index contributed by atoms with van der Waals surface area (Å²) in [5, 5.41) is 8.65. The fourth-order valence-electron chi connectivity index (χ4n) is 1.24. The van der Waals surface area contributed by atoms with Crippen LogP contribution in [0.15, 0.2) is 0 Å². The number of aliphatic hydroxyl groups is 1. The molecule has 0 fully saturated rings. The molecule has 2 heteroatoms. The van der Waals surface area contributed by atoms with Gasteiger partial charge in [0.1, 0.15) is 0 Å². The topological polar surface area (TPSA) is 20.2 Å². The van der Waals surface area contributed by atoms with Crippen LogP contribution < -0.4 is 0 Å². The average Bonchev–Trinajstić information content (AvgIpc) is 1.87. The van der Waals surface area contributed by atoms with Crippen LogP contribution in [0.1, 0.15) is 46.5 Å². The van der Waals surface area contributed by atoms with E-state index in [1.54, 1.807) is 0 Å². The second-order valence-electron chi connectivity index (χ2n) is 3.94. The Bertz CT molecular complexity index is 83.9. The van der Waals surface area contributed by atoms with E-state index in [-0.39, 0.29) is 29.6 Å². The Hall–Kier alpha value is 0.960. The Balaban J connectivity index is 0. The Morgan fingerprint density at radius 2 is 1.58 bits per heavy atom. The van der Waals surface area contributed by atoms with Crippen LogP contribution >= 0.6 is 0 Å². The van der Waals surface area contributed by atoms with E-state index < -0.39 is 0 Å². The first kappa shape index (κ1) is 15.4. The standard InChI is InChI=1S/C10H22O.Na.H/c1-9(2)5-4-6-10(3)7-8-11;;/h9-11H,4-8H2,1-3H3;;. The van der Waals surface area contributed by atoms with Crippen LogP contribution in [-0.4, -0.2) is 41.3 Å². The van der Waals surface area contributed by atoms with E-state index in [1.165, 1.54) is 19.3 Å². The third-order valence-electron chi connectivity index (χ3n) is 2.10. The Kier molecular flexibility index (Phi) is 12.9. The normalized spacial score (nSPS) is 12.8. The molecule has 0 heterocycles. The zero-order valence-corrected chi connectivity index (χ0v) is 8.14. The molecule has 0 aromatic carbocycles. The SMILES string of the molecule is CC(C)CCCC(C)CCO.[NaH]. The van der Waals surface area contributed by atoms with Crippen molar-refractivity contribution < 1.29 is 5.11 Å². The van der Waals surface area contributed by atoms with E-state index in [0.29, 0.717) is 12.5 Å². The molecule has 0 aromatic rings. The van der Waals surface area contributed by atoms with E-state index in [0.717, 1.165) is 12.3 Å². The molecule has 0 saturated carbocycles. The molecule has 70 valence electrons. The molecule has 0 aliphatic carbocycles. The van der Waals surface area contributed by atoms with E-state index in [1.807, 2.05) is 0 Å². The molecule has 0 amide bonds. The minimum absolute atomic E-state index is 0. The maximum absolute atomic E-state index is 8.65. The molecule has 1 N–H and O–H groups in total. The van der Waals surface area contributed by atoms with Crippen molar-refractivity contribution in [1.29, 1.82) is 0 Å². The zero-order chi connectivity index (χ0) is 8.69. The maximum atomic E-state index is 8.65. The molecule has 0 aliphatic heterocycles. The third kappa shape index (κ3) is 11.0. The van der Waals surface area contributed by atoms with Crippen molar-refractivity contribution in [3.8, 4) is 0 Å². The summed E-state index contributed by atoms with van der Waals surface area (Å²) in [6.07, 6.45) is 4.89. The van der Waals surface area contributed by atoms with Crippen molar-refractivity contribution in [3.05, 3.63) is 0 Å². The van der Waals surface area contributed by atoms with E-state index in [9.17, 15) is 0 Å². The van der Waals surface area contributed by atoms with Gasteiger partial charge in [-0.15, -0.1) is 0 Å². The first-order chi connectivity index (χ1) is 5.16. The van der Waals surface area contributed by atoms with Gasteiger partial charge >= 0.3 is 29.6 Å². The van der Waals surface area contributed by atoms with E-state index in [4.69, 9.17) is 5.11 Å². The molecule has 0 spiro atoms. The number of hydrogen-bond donors (Lipinski definition) is 1. The zero-order valence-electron chi connectivity index (χ0n) is 8.14. The first-order valence-corrected chi connectivity index (χ1v) is 4.77. The molecular formula is C10H23NaO. The van der Waals surface area contributed by atoms with Crippen molar-refractivity contribution in [2.24, 2.45) is 11.8 Å². The predicted octanol–water partition coefficient (Wildman–Crippen LogP) is 2.18. The molecule has 0 saturated heterocycles. The monoisotopic (exact) mass is 182 g/mol. The van der Waals surface area contributed by atoms with Crippen molar-refractivity contribution in [2.75, 3.05) is 6.61 Å². The van der Waals surface area contributed by atoms with Crippen molar-refractivity contribution in [3.63, 3.8) is 0 Å². The summed E-state index contributed by atoms with van der Waals surface area (Å²) in [4.78, 5) is 0. The third-order valence-corrected chi connectivity index (χ3v) is 2.10. The summed E-state index contributed by atoms with van der Waals surface area (Å²) in [6.45, 7) is 7.09. The van der Waals surface area contributed by atoms with Gasteiger partial charge in [0.2, 0.25) is 0 Å². The van der Waals surface area contributed by atoms with Gasteiger partial charge in [0.15, 0.2) is 0 Å². The summed E-state index contributed by atoms with van der Waals surface area (Å²) < 4.78 is 0. The second-order valence-corrected chi connectivity index (χ2v) is 3.94. The molecule has 0 aliphatic rings. The summed E-state index contributed by atoms with van der Waals surface area (Å²) in [6, 6.07) is 0. The Morgan fingerprint density at radius 1 is 1.00 bits per heavy atom. The summed E-state index contributed by atoms with van der Waals surface area (Å²) >= 11 is 0. The number of aliphatic hydroxyl groups excluding tert-OH is 1. The average molecular weight is 182 g/mol. The van der Waals surface area contributed by atoms with Crippen molar-refractivity contribution in [2.45, 2.75) is 46.5 Å². The van der Waals surface area contributed by atoms with Gasteiger partial charge in [-0.1, -0.05) is 40.0 Å². The fourth-order valence-corrected chi connectivity index (χ4v) is 1.24. The van der Waals surface area contributed by atoms with E-state index >= 15 is 0 Å². The molecule has 0 rings (SSSR count). The van der Waals surface area contributed by atoms with Crippen LogP contribution in [0, 0.1) is 11.8 Å². The predicted molar refractivity (Wildman–Crippen MR) is 56.7 cm³/mol. The van der Waals surface area contributed by atoms with Crippen LogP contribution in [0.4, 0.5) is 0 Å². The van der Waals surface area contributed by atoms with Gasteiger partial charge in [-0.25, -0.2) is 0 Å². The van der Waals surface area contributed by atoms with Crippen LogP contribution in [-0.2, 0) is 0 Å². The van der Waals surface area contributed by atoms with Crippen LogP contribution in [0.2, 0.25) is 0 Å². The number of rotatable bonds is 6. The summed E-state index contributed by atoms with van der Waals surface area (Å²) in [7, 11) is 0. The second kappa shape index (κ2) is 10.0. The fraction of sp³-hybridized carbons (Fsp3) is 1.00. The van der Waals surface area contributed by atoms with Gasteiger partial charge in [-0.05, 0) is 18.3 Å².